The number of nitrogens with one attached hydrogen (secondary N) is 2. The van der Waals surface area contributed by atoms with Gasteiger partial charge in [0.15, 0.2) is 11.5 Å². The van der Waals surface area contributed by atoms with Gasteiger partial charge in [0.05, 0.1) is 18.8 Å². The van der Waals surface area contributed by atoms with Crippen LogP contribution >= 0.6 is 0 Å². The van der Waals surface area contributed by atoms with Crippen molar-refractivity contribution in [2.45, 2.75) is 19.4 Å². The van der Waals surface area contributed by atoms with Gasteiger partial charge in [0.25, 0.3) is 0 Å². The maximum atomic E-state index is 12.8. The zero-order valence-corrected chi connectivity index (χ0v) is 16.2. The number of hydrogen-bond donors (Lipinski definition) is 2. The van der Waals surface area contributed by atoms with E-state index >= 15 is 0 Å². The van der Waals surface area contributed by atoms with Gasteiger partial charge >= 0.3 is 0 Å². The van der Waals surface area contributed by atoms with Gasteiger partial charge in [-0.2, -0.15) is 4.98 Å². The lowest BCUT2D eigenvalue weighted by Gasteiger charge is -2.32. The molecule has 1 amide bonds. The van der Waals surface area contributed by atoms with Crippen LogP contribution in [-0.4, -0.2) is 49.1 Å². The predicted molar refractivity (Wildman–Crippen MR) is 108 cm³/mol. The van der Waals surface area contributed by atoms with E-state index in [1.54, 1.807) is 6.33 Å². The van der Waals surface area contributed by atoms with Crippen molar-refractivity contribution in [2.24, 2.45) is 5.92 Å². The number of H-pyrrole nitrogens is 1. The Labute approximate surface area is 171 Å². The third-order valence-corrected chi connectivity index (χ3v) is 5.21. The average Bonchev–Trinajstić information content (AvgIpc) is 3.47. The third kappa shape index (κ3) is 3.59. The lowest BCUT2D eigenvalue weighted by molar-refractivity contribution is -0.125. The Bertz CT molecular complexity index is 1160. The van der Waals surface area contributed by atoms with E-state index in [-0.39, 0.29) is 18.4 Å². The van der Waals surface area contributed by atoms with Crippen LogP contribution in [0.3, 0.4) is 0 Å². The maximum absolute atomic E-state index is 12.8. The molecule has 0 bridgehead atoms. The smallest absolute Gasteiger partial charge is 0.246 e. The van der Waals surface area contributed by atoms with E-state index in [0.29, 0.717) is 23.9 Å². The summed E-state index contributed by atoms with van der Waals surface area (Å²) in [6.45, 7) is 1.61. The molecule has 3 aromatic heterocycles. The first-order valence-corrected chi connectivity index (χ1v) is 9.82. The van der Waals surface area contributed by atoms with Crippen molar-refractivity contribution in [1.29, 1.82) is 0 Å². The summed E-state index contributed by atoms with van der Waals surface area (Å²) in [5, 5.41) is 6.91. The summed E-state index contributed by atoms with van der Waals surface area (Å²) in [5.41, 5.74) is 2.28. The van der Waals surface area contributed by atoms with Gasteiger partial charge < -0.3 is 19.7 Å². The highest BCUT2D eigenvalue weighted by molar-refractivity contribution is 5.84. The van der Waals surface area contributed by atoms with Crippen LogP contribution in [0.5, 0.6) is 0 Å². The first-order chi connectivity index (χ1) is 14.8. The summed E-state index contributed by atoms with van der Waals surface area (Å²) in [6.07, 6.45) is 4.82. The van der Waals surface area contributed by atoms with E-state index in [1.807, 2.05) is 30.3 Å². The highest BCUT2D eigenvalue weighted by atomic mass is 16.5. The van der Waals surface area contributed by atoms with E-state index < -0.39 is 0 Å². The molecule has 1 fully saturated rings. The Morgan fingerprint density at radius 3 is 3.03 bits per heavy atom. The second-order valence-electron chi connectivity index (χ2n) is 7.18. The van der Waals surface area contributed by atoms with Gasteiger partial charge in [-0.3, -0.25) is 4.79 Å². The van der Waals surface area contributed by atoms with Crippen LogP contribution in [0.15, 0.2) is 47.5 Å². The molecule has 0 unspecified atom stereocenters. The van der Waals surface area contributed by atoms with Crippen LogP contribution < -0.4 is 10.2 Å². The topological polar surface area (TPSA) is 126 Å². The number of aromatic amines is 1. The zero-order chi connectivity index (χ0) is 20.3. The van der Waals surface area contributed by atoms with Crippen molar-refractivity contribution in [2.75, 3.05) is 18.0 Å². The summed E-state index contributed by atoms with van der Waals surface area (Å²) in [5.74, 6) is 1.48. The number of rotatable bonds is 5. The van der Waals surface area contributed by atoms with Crippen molar-refractivity contribution in [3.8, 4) is 11.4 Å². The number of anilines is 1. The number of benzene rings is 1. The molecule has 0 spiro atoms. The van der Waals surface area contributed by atoms with Crippen LogP contribution in [0.4, 0.5) is 5.82 Å². The van der Waals surface area contributed by atoms with Gasteiger partial charge in [0.2, 0.25) is 17.6 Å². The molecule has 5 rings (SSSR count). The predicted octanol–water partition coefficient (Wildman–Crippen LogP) is 1.94. The fourth-order valence-corrected chi connectivity index (χ4v) is 3.71. The number of fused-ring (bicyclic) bond motifs is 1. The van der Waals surface area contributed by atoms with Gasteiger partial charge in [-0.25, -0.2) is 15.0 Å². The summed E-state index contributed by atoms with van der Waals surface area (Å²) >= 11 is 0. The number of aromatic nitrogens is 6. The molecule has 1 saturated heterocycles. The van der Waals surface area contributed by atoms with Crippen molar-refractivity contribution < 1.29 is 9.32 Å². The molecule has 0 aliphatic carbocycles. The number of imidazole rings is 1. The summed E-state index contributed by atoms with van der Waals surface area (Å²) in [6, 6.07) is 9.57. The van der Waals surface area contributed by atoms with E-state index in [0.717, 1.165) is 36.3 Å². The lowest BCUT2D eigenvalue weighted by atomic mass is 9.97. The molecule has 0 saturated carbocycles. The molecule has 1 aromatic carbocycles. The fraction of sp³-hybridized carbons (Fsp3) is 0.300. The Morgan fingerprint density at radius 1 is 1.23 bits per heavy atom. The first-order valence-electron chi connectivity index (χ1n) is 9.82. The second-order valence-corrected chi connectivity index (χ2v) is 7.18. The quantitative estimate of drug-likeness (QED) is 0.517. The average molecular weight is 404 g/mol. The molecule has 4 heterocycles. The molecule has 4 aromatic rings. The van der Waals surface area contributed by atoms with Crippen molar-refractivity contribution in [3.63, 3.8) is 0 Å². The molecule has 30 heavy (non-hydrogen) atoms. The van der Waals surface area contributed by atoms with Gasteiger partial charge in [0.1, 0.15) is 11.8 Å². The standard InChI is InChI=1S/C20H20N8O2/c29-20(21-9-15-26-17(27-30-15)13-5-2-1-3-6-13)14-7-4-8-28(10-14)19-16-18(23-11-22-16)24-12-25-19/h1-3,5-6,11-12,14H,4,7-10H2,(H,21,29)(H,22,23,24,25)/t14-/m1/s1. The van der Waals surface area contributed by atoms with Gasteiger partial charge in [0, 0.05) is 18.7 Å². The van der Waals surface area contributed by atoms with Crippen molar-refractivity contribution >= 4 is 22.9 Å². The molecule has 10 nitrogen and oxygen atoms in total. The number of carbonyl (C=O) groups excluding carboxylic acids is 1. The Balaban J connectivity index is 1.22. The van der Waals surface area contributed by atoms with Crippen LogP contribution in [0.25, 0.3) is 22.6 Å². The van der Waals surface area contributed by atoms with E-state index in [9.17, 15) is 4.79 Å². The summed E-state index contributed by atoms with van der Waals surface area (Å²) in [4.78, 5) is 35.0. The minimum absolute atomic E-state index is 0.0333. The number of amides is 1. The molecule has 152 valence electrons. The molecule has 1 atom stereocenters. The third-order valence-electron chi connectivity index (χ3n) is 5.21. The Kier molecular flexibility index (Phi) is 4.80. The lowest BCUT2D eigenvalue weighted by Crippen LogP contribution is -2.43. The van der Waals surface area contributed by atoms with Gasteiger partial charge in [-0.15, -0.1) is 0 Å². The Hall–Kier alpha value is -3.82. The summed E-state index contributed by atoms with van der Waals surface area (Å²) < 4.78 is 5.27. The minimum atomic E-state index is -0.150. The van der Waals surface area contributed by atoms with Gasteiger partial charge in [-0.05, 0) is 12.8 Å². The molecule has 2 N–H and O–H groups in total. The number of hydrogen-bond acceptors (Lipinski definition) is 8. The van der Waals surface area contributed by atoms with Gasteiger partial charge in [-0.1, -0.05) is 35.5 Å². The number of piperidine rings is 1. The highest BCUT2D eigenvalue weighted by Gasteiger charge is 2.28. The molecule has 1 aliphatic heterocycles. The number of carbonyl (C=O) groups is 1. The largest absolute Gasteiger partial charge is 0.354 e. The highest BCUT2D eigenvalue weighted by Crippen LogP contribution is 2.26. The molecule has 10 heteroatoms. The van der Waals surface area contributed by atoms with Crippen LogP contribution in [0, 0.1) is 5.92 Å². The van der Waals surface area contributed by atoms with Crippen LogP contribution in [0.2, 0.25) is 0 Å². The van der Waals surface area contributed by atoms with Crippen LogP contribution in [-0.2, 0) is 11.3 Å². The molecular formula is C20H20N8O2. The summed E-state index contributed by atoms with van der Waals surface area (Å²) in [7, 11) is 0. The normalized spacial score (nSPS) is 16.7. The second kappa shape index (κ2) is 7.90. The van der Waals surface area contributed by atoms with E-state index in [1.165, 1.54) is 6.33 Å². The minimum Gasteiger partial charge on any atom is -0.354 e. The monoisotopic (exact) mass is 404 g/mol. The van der Waals surface area contributed by atoms with E-state index in [4.69, 9.17) is 4.52 Å². The van der Waals surface area contributed by atoms with Crippen molar-refractivity contribution in [1.82, 2.24) is 35.4 Å². The molecule has 1 aliphatic rings. The first kappa shape index (κ1) is 18.2. The van der Waals surface area contributed by atoms with Crippen molar-refractivity contribution in [3.05, 3.63) is 48.9 Å². The zero-order valence-electron chi connectivity index (χ0n) is 16.2. The maximum Gasteiger partial charge on any atom is 0.246 e. The van der Waals surface area contributed by atoms with Crippen LogP contribution in [0.1, 0.15) is 18.7 Å². The Morgan fingerprint density at radius 2 is 2.13 bits per heavy atom. The molecule has 0 radical (unpaired) electrons. The number of nitrogens with zero attached hydrogens (tertiary/aromatic N) is 6. The molecular weight excluding hydrogens is 384 g/mol. The SMILES string of the molecule is O=C(NCc1nc(-c2ccccc2)no1)[C@@H]1CCCN(c2ncnc3nc[nH]c23)C1. The van der Waals surface area contributed by atoms with E-state index in [2.05, 4.69) is 40.3 Å². The fourth-order valence-electron chi connectivity index (χ4n) is 3.71.